The first-order chi connectivity index (χ1) is 13.1. The van der Waals surface area contributed by atoms with Gasteiger partial charge in [0.15, 0.2) is 28.7 Å². The number of nitrogens with zero attached hydrogens (tertiary/aromatic N) is 2. The van der Waals surface area contributed by atoms with E-state index in [0.717, 1.165) is 12.1 Å². The van der Waals surface area contributed by atoms with Crippen molar-refractivity contribution in [2.24, 2.45) is 5.92 Å². The van der Waals surface area contributed by atoms with Crippen molar-refractivity contribution in [3.8, 4) is 0 Å². The van der Waals surface area contributed by atoms with Crippen LogP contribution in [0.1, 0.15) is 47.9 Å². The van der Waals surface area contributed by atoms with Crippen LogP contribution in [0, 0.1) is 11.7 Å². The summed E-state index contributed by atoms with van der Waals surface area (Å²) in [7, 11) is 0. The zero-order valence-electron chi connectivity index (χ0n) is 14.6. The first-order valence-electron chi connectivity index (χ1n) is 8.44. The predicted molar refractivity (Wildman–Crippen MR) is 90.9 cm³/mol. The predicted octanol–water partition coefficient (Wildman–Crippen LogP) is 3.94. The second kappa shape index (κ2) is 7.21. The Labute approximate surface area is 156 Å². The Hall–Kier alpha value is -2.97. The lowest BCUT2D eigenvalue weighted by atomic mass is 9.81. The molecule has 0 saturated heterocycles. The third-order valence-corrected chi connectivity index (χ3v) is 4.40. The molecule has 1 aliphatic carbocycles. The number of halogens is 4. The van der Waals surface area contributed by atoms with Crippen LogP contribution in [0.2, 0.25) is 0 Å². The van der Waals surface area contributed by atoms with E-state index in [-0.39, 0.29) is 30.3 Å². The lowest BCUT2D eigenvalue weighted by Gasteiger charge is -2.20. The molecule has 0 spiro atoms. The number of carbonyl (C=O) groups excluding carboxylic acids is 3. The second-order valence-corrected chi connectivity index (χ2v) is 6.37. The van der Waals surface area contributed by atoms with Crippen LogP contribution in [-0.2, 0) is 15.8 Å². The van der Waals surface area contributed by atoms with E-state index >= 15 is 0 Å². The van der Waals surface area contributed by atoms with Crippen molar-refractivity contribution >= 4 is 34.5 Å². The Kier molecular flexibility index (Phi) is 5.10. The third kappa shape index (κ3) is 3.56. The standard InChI is InChI=1S/C19H14F4N2O3/c1-2-4-12-11(20)8-9-7-10(17(19(21,22)23)25-18(9)24-12)16(28)15-13(26)5-3-6-14(15)27/h2,4,7-8,15H,3,5-6H2,1H3/b4-2+. The minimum absolute atomic E-state index is 0.0621. The second-order valence-electron chi connectivity index (χ2n) is 6.37. The van der Waals surface area contributed by atoms with Gasteiger partial charge in [-0.05, 0) is 31.6 Å². The number of fused-ring (bicyclic) bond motifs is 1. The van der Waals surface area contributed by atoms with E-state index in [1.807, 2.05) is 0 Å². The Bertz CT molecular complexity index is 1010. The van der Waals surface area contributed by atoms with Crippen LogP contribution in [0.4, 0.5) is 17.6 Å². The molecule has 0 aromatic carbocycles. The van der Waals surface area contributed by atoms with Gasteiger partial charge in [-0.1, -0.05) is 6.08 Å². The summed E-state index contributed by atoms with van der Waals surface area (Å²) < 4.78 is 54.7. The number of hydrogen-bond acceptors (Lipinski definition) is 5. The molecule has 0 atom stereocenters. The molecule has 2 heterocycles. The number of pyridine rings is 2. The molecule has 0 amide bonds. The zero-order chi connectivity index (χ0) is 20.6. The van der Waals surface area contributed by atoms with Gasteiger partial charge in [-0.15, -0.1) is 0 Å². The van der Waals surface area contributed by atoms with Gasteiger partial charge in [0.2, 0.25) is 0 Å². The molecular formula is C19H14F4N2O3. The molecule has 0 aliphatic heterocycles. The molecule has 5 nitrogen and oxygen atoms in total. The highest BCUT2D eigenvalue weighted by Crippen LogP contribution is 2.34. The normalized spacial score (nSPS) is 16.3. The molecule has 28 heavy (non-hydrogen) atoms. The molecule has 0 radical (unpaired) electrons. The fourth-order valence-corrected chi connectivity index (χ4v) is 3.12. The van der Waals surface area contributed by atoms with Gasteiger partial charge in [-0.2, -0.15) is 13.2 Å². The molecule has 2 aromatic rings. The molecule has 3 rings (SSSR count). The SMILES string of the molecule is C/C=C/c1nc2nc(C(F)(F)F)c(C(=O)C3C(=O)CCCC3=O)cc2cc1F. The van der Waals surface area contributed by atoms with Crippen molar-refractivity contribution < 1.29 is 31.9 Å². The van der Waals surface area contributed by atoms with Crippen molar-refractivity contribution in [3.05, 3.63) is 41.0 Å². The van der Waals surface area contributed by atoms with Crippen LogP contribution in [0.15, 0.2) is 18.2 Å². The first kappa shape index (κ1) is 19.8. The van der Waals surface area contributed by atoms with E-state index in [4.69, 9.17) is 0 Å². The third-order valence-electron chi connectivity index (χ3n) is 4.40. The summed E-state index contributed by atoms with van der Waals surface area (Å²) in [4.78, 5) is 43.8. The molecule has 0 bridgehead atoms. The number of Topliss-reactive ketones (excluding diaryl/α,β-unsaturated/α-hetero) is 3. The average molecular weight is 394 g/mol. The lowest BCUT2D eigenvalue weighted by Crippen LogP contribution is -2.36. The maximum Gasteiger partial charge on any atom is 0.434 e. The molecular weight excluding hydrogens is 380 g/mol. The Morgan fingerprint density at radius 2 is 1.79 bits per heavy atom. The van der Waals surface area contributed by atoms with Crippen LogP contribution in [0.3, 0.4) is 0 Å². The maximum absolute atomic E-state index is 14.1. The van der Waals surface area contributed by atoms with E-state index in [2.05, 4.69) is 9.97 Å². The van der Waals surface area contributed by atoms with Gasteiger partial charge < -0.3 is 0 Å². The quantitative estimate of drug-likeness (QED) is 0.448. The highest BCUT2D eigenvalue weighted by molar-refractivity contribution is 6.25. The maximum atomic E-state index is 14.1. The first-order valence-corrected chi connectivity index (χ1v) is 8.44. The van der Waals surface area contributed by atoms with Crippen molar-refractivity contribution in [3.63, 3.8) is 0 Å². The minimum Gasteiger partial charge on any atom is -0.298 e. The Balaban J connectivity index is 2.22. The monoisotopic (exact) mass is 394 g/mol. The molecule has 0 unspecified atom stereocenters. The van der Waals surface area contributed by atoms with Gasteiger partial charge in [0.25, 0.3) is 0 Å². The molecule has 9 heteroatoms. The van der Waals surface area contributed by atoms with Gasteiger partial charge in [0.1, 0.15) is 17.4 Å². The van der Waals surface area contributed by atoms with Gasteiger partial charge in [-0.25, -0.2) is 14.4 Å². The average Bonchev–Trinajstić information content (AvgIpc) is 2.60. The van der Waals surface area contributed by atoms with Crippen molar-refractivity contribution in [2.75, 3.05) is 0 Å². The fourth-order valence-electron chi connectivity index (χ4n) is 3.12. The van der Waals surface area contributed by atoms with Crippen LogP contribution >= 0.6 is 0 Å². The van der Waals surface area contributed by atoms with Gasteiger partial charge in [-0.3, -0.25) is 14.4 Å². The summed E-state index contributed by atoms with van der Waals surface area (Å²) in [5.41, 5.74) is -3.10. The zero-order valence-corrected chi connectivity index (χ0v) is 14.6. The molecule has 146 valence electrons. The summed E-state index contributed by atoms with van der Waals surface area (Å²) in [6.45, 7) is 1.58. The number of allylic oxidation sites excluding steroid dienone is 1. The number of hydrogen-bond donors (Lipinski definition) is 0. The molecule has 1 aliphatic rings. The molecule has 0 N–H and O–H groups in total. The Morgan fingerprint density at radius 3 is 2.36 bits per heavy atom. The summed E-state index contributed by atoms with van der Waals surface area (Å²) in [5.74, 6) is -5.30. The molecule has 1 saturated carbocycles. The van der Waals surface area contributed by atoms with Crippen LogP contribution in [0.5, 0.6) is 0 Å². The van der Waals surface area contributed by atoms with E-state index in [9.17, 15) is 31.9 Å². The number of aromatic nitrogens is 2. The van der Waals surface area contributed by atoms with E-state index in [0.29, 0.717) is 0 Å². The highest BCUT2D eigenvalue weighted by Gasteiger charge is 2.43. The smallest absolute Gasteiger partial charge is 0.298 e. The topological polar surface area (TPSA) is 77.0 Å². The van der Waals surface area contributed by atoms with Crippen LogP contribution in [-0.4, -0.2) is 27.3 Å². The summed E-state index contributed by atoms with van der Waals surface area (Å²) in [6, 6.07) is 1.70. The largest absolute Gasteiger partial charge is 0.434 e. The number of ketones is 3. The van der Waals surface area contributed by atoms with Crippen molar-refractivity contribution in [1.29, 1.82) is 0 Å². The minimum atomic E-state index is -5.03. The summed E-state index contributed by atoms with van der Waals surface area (Å²) >= 11 is 0. The Morgan fingerprint density at radius 1 is 1.14 bits per heavy atom. The summed E-state index contributed by atoms with van der Waals surface area (Å²) in [6.07, 6.45) is -2.17. The molecule has 2 aromatic heterocycles. The van der Waals surface area contributed by atoms with E-state index in [1.165, 1.54) is 12.2 Å². The number of rotatable bonds is 3. The van der Waals surface area contributed by atoms with E-state index in [1.54, 1.807) is 6.92 Å². The van der Waals surface area contributed by atoms with Gasteiger partial charge in [0, 0.05) is 18.2 Å². The number of alkyl halides is 3. The molecule has 1 fully saturated rings. The van der Waals surface area contributed by atoms with Crippen LogP contribution in [0.25, 0.3) is 17.1 Å². The summed E-state index contributed by atoms with van der Waals surface area (Å²) in [5, 5.41) is -0.141. The highest BCUT2D eigenvalue weighted by atomic mass is 19.4. The number of carbonyl (C=O) groups is 3. The van der Waals surface area contributed by atoms with Gasteiger partial charge in [0.05, 0.1) is 5.56 Å². The van der Waals surface area contributed by atoms with Crippen molar-refractivity contribution in [2.45, 2.75) is 32.4 Å². The lowest BCUT2D eigenvalue weighted by molar-refractivity contribution is -0.142. The van der Waals surface area contributed by atoms with E-state index < -0.39 is 52.2 Å². The van der Waals surface area contributed by atoms with Gasteiger partial charge >= 0.3 is 6.18 Å². The van der Waals surface area contributed by atoms with Crippen molar-refractivity contribution in [1.82, 2.24) is 9.97 Å². The van der Waals surface area contributed by atoms with Crippen LogP contribution < -0.4 is 0 Å². The fraction of sp³-hybridized carbons (Fsp3) is 0.316.